The summed E-state index contributed by atoms with van der Waals surface area (Å²) in [5.74, 6) is -0.414. The Bertz CT molecular complexity index is 856. The van der Waals surface area contributed by atoms with Crippen LogP contribution in [-0.2, 0) is 19.0 Å². The Morgan fingerprint density at radius 3 is 2.75 bits per heavy atom. The minimum Gasteiger partial charge on any atom is -0.492 e. The molecule has 0 aromatic carbocycles. The summed E-state index contributed by atoms with van der Waals surface area (Å²) in [6.07, 6.45) is -0.109. The molecule has 28 heavy (non-hydrogen) atoms. The average Bonchev–Trinajstić information content (AvgIpc) is 3.35. The normalized spacial score (nSPS) is 20.9. The zero-order valence-electron chi connectivity index (χ0n) is 14.9. The van der Waals surface area contributed by atoms with Crippen LogP contribution < -0.4 is 20.3 Å². The predicted octanol–water partition coefficient (Wildman–Crippen LogP) is 0.847. The lowest BCUT2D eigenvalue weighted by Crippen LogP contribution is -2.37. The summed E-state index contributed by atoms with van der Waals surface area (Å²) >= 11 is 1.42. The van der Waals surface area contributed by atoms with E-state index in [-0.39, 0.29) is 17.2 Å². The predicted molar refractivity (Wildman–Crippen MR) is 97.2 cm³/mol. The number of hydrogen-bond donors (Lipinski definition) is 2. The van der Waals surface area contributed by atoms with Gasteiger partial charge in [-0.1, -0.05) is 11.8 Å². The number of primary amides is 1. The quantitative estimate of drug-likeness (QED) is 0.735. The molecule has 1 unspecified atom stereocenters. The monoisotopic (exact) mass is 410 g/mol. The number of fused-ring (bicyclic) bond motifs is 1. The molecule has 150 valence electrons. The fourth-order valence-corrected chi connectivity index (χ4v) is 4.32. The third-order valence-corrected chi connectivity index (χ3v) is 5.50. The number of hydrogen-bond acceptors (Lipinski definition) is 9. The second kappa shape index (κ2) is 7.28. The maximum Gasteiger partial charge on any atom is 0.374 e. The molecule has 11 nitrogen and oxygen atoms in total. The summed E-state index contributed by atoms with van der Waals surface area (Å²) in [4.78, 5) is 32.0. The molecular weight excluding hydrogens is 392 g/mol. The van der Waals surface area contributed by atoms with E-state index in [4.69, 9.17) is 29.8 Å². The Hall–Kier alpha value is -2.86. The summed E-state index contributed by atoms with van der Waals surface area (Å²) in [5.41, 5.74) is 6.24. The smallest absolute Gasteiger partial charge is 0.374 e. The van der Waals surface area contributed by atoms with Gasteiger partial charge in [-0.2, -0.15) is 0 Å². The van der Waals surface area contributed by atoms with Crippen molar-refractivity contribution in [3.63, 3.8) is 0 Å². The Balaban J connectivity index is 1.82. The van der Waals surface area contributed by atoms with Crippen molar-refractivity contribution in [1.29, 1.82) is 0 Å². The summed E-state index contributed by atoms with van der Waals surface area (Å²) in [6, 6.07) is -0.632. The maximum atomic E-state index is 12.0. The van der Waals surface area contributed by atoms with E-state index in [1.807, 2.05) is 4.90 Å². The highest BCUT2D eigenvalue weighted by molar-refractivity contribution is 8.00. The number of aromatic nitrogens is 1. The van der Waals surface area contributed by atoms with Crippen LogP contribution in [0.5, 0.6) is 5.75 Å². The molecule has 1 fully saturated rings. The van der Waals surface area contributed by atoms with E-state index < -0.39 is 18.3 Å². The van der Waals surface area contributed by atoms with Gasteiger partial charge in [-0.05, 0) is 0 Å². The summed E-state index contributed by atoms with van der Waals surface area (Å²) in [7, 11) is 1.43. The Kier molecular flexibility index (Phi) is 4.81. The van der Waals surface area contributed by atoms with Crippen LogP contribution >= 0.6 is 11.8 Å². The van der Waals surface area contributed by atoms with Crippen molar-refractivity contribution in [2.75, 3.05) is 49.1 Å². The van der Waals surface area contributed by atoms with E-state index in [0.29, 0.717) is 43.7 Å². The fourth-order valence-electron chi connectivity index (χ4n) is 3.16. The van der Waals surface area contributed by atoms with Crippen molar-refractivity contribution in [3.8, 4) is 5.75 Å². The molecular formula is C16H18N4O7S. The van der Waals surface area contributed by atoms with Gasteiger partial charge in [0.25, 0.3) is 6.29 Å². The number of methoxy groups -OCH3 is 1. The summed E-state index contributed by atoms with van der Waals surface area (Å²) in [6.45, 7) is 2.33. The number of aliphatic carboxylic acids is 1. The van der Waals surface area contributed by atoms with E-state index in [2.05, 4.69) is 4.98 Å². The molecule has 0 bridgehead atoms. The van der Waals surface area contributed by atoms with Crippen LogP contribution in [0.3, 0.4) is 0 Å². The van der Waals surface area contributed by atoms with Crippen molar-refractivity contribution in [1.82, 2.24) is 4.98 Å². The molecule has 3 aliphatic rings. The van der Waals surface area contributed by atoms with Gasteiger partial charge in [0.05, 0.1) is 31.1 Å². The van der Waals surface area contributed by atoms with Crippen LogP contribution in [0.4, 0.5) is 16.3 Å². The standard InChI is InChI=1S/C16H18N4O7S/c1-24-11-9(15-26-6-8(27-15)14(21)22)18-13(19-2-4-25-5-3-19)12-10(11)20(7-28-12)16(17)23/h6,15H,2-5,7H2,1H3,(H2,17,23)(H,21,22). The van der Waals surface area contributed by atoms with Crippen molar-refractivity contribution in [3.05, 3.63) is 17.7 Å². The van der Waals surface area contributed by atoms with E-state index in [9.17, 15) is 9.59 Å². The number of nitrogens with two attached hydrogens (primary N) is 1. The number of thioether (sulfide) groups is 1. The molecule has 0 spiro atoms. The molecule has 1 aromatic heterocycles. The molecule has 4 heterocycles. The molecule has 1 atom stereocenters. The lowest BCUT2D eigenvalue weighted by molar-refractivity contribution is -0.139. The number of urea groups is 1. The van der Waals surface area contributed by atoms with Gasteiger partial charge in [-0.25, -0.2) is 14.6 Å². The first kappa shape index (κ1) is 18.5. The molecule has 3 aliphatic heterocycles. The Labute approximate surface area is 164 Å². The number of amides is 2. The molecule has 1 saturated heterocycles. The van der Waals surface area contributed by atoms with Gasteiger partial charge in [0.2, 0.25) is 5.76 Å². The highest BCUT2D eigenvalue weighted by atomic mass is 32.2. The highest BCUT2D eigenvalue weighted by Crippen LogP contribution is 2.52. The number of carboxylic acids is 1. The van der Waals surface area contributed by atoms with Gasteiger partial charge in [-0.3, -0.25) is 4.90 Å². The van der Waals surface area contributed by atoms with Gasteiger partial charge in [0.1, 0.15) is 17.8 Å². The van der Waals surface area contributed by atoms with Gasteiger partial charge in [-0.15, -0.1) is 0 Å². The number of rotatable bonds is 4. The van der Waals surface area contributed by atoms with E-state index in [1.165, 1.54) is 23.8 Å². The van der Waals surface area contributed by atoms with E-state index in [1.54, 1.807) is 0 Å². The van der Waals surface area contributed by atoms with Crippen LogP contribution in [-0.4, -0.2) is 61.4 Å². The summed E-state index contributed by atoms with van der Waals surface area (Å²) < 4.78 is 21.6. The van der Waals surface area contributed by atoms with Crippen LogP contribution in [0.1, 0.15) is 12.0 Å². The molecule has 4 rings (SSSR count). The van der Waals surface area contributed by atoms with Crippen LogP contribution in [0.25, 0.3) is 0 Å². The zero-order valence-corrected chi connectivity index (χ0v) is 15.7. The minimum absolute atomic E-state index is 0.226. The SMILES string of the molecule is COc1c(C2OC=C(C(=O)O)O2)nc(N2CCOCC2)c2c1N(C(N)=O)CS2. The first-order valence-corrected chi connectivity index (χ1v) is 9.39. The number of carboxylic acid groups (broad SMARTS) is 1. The number of ether oxygens (including phenoxy) is 4. The lowest BCUT2D eigenvalue weighted by atomic mass is 10.2. The lowest BCUT2D eigenvalue weighted by Gasteiger charge is -2.30. The molecule has 2 amide bonds. The first-order chi connectivity index (χ1) is 13.5. The van der Waals surface area contributed by atoms with Crippen molar-refractivity contribution < 1.29 is 33.6 Å². The van der Waals surface area contributed by atoms with Gasteiger partial charge in [0, 0.05) is 13.1 Å². The second-order valence-corrected chi connectivity index (χ2v) is 7.00. The summed E-state index contributed by atoms with van der Waals surface area (Å²) in [5, 5.41) is 9.11. The topological polar surface area (TPSA) is 137 Å². The third-order valence-electron chi connectivity index (χ3n) is 4.45. The van der Waals surface area contributed by atoms with Gasteiger partial charge in [0.15, 0.2) is 11.4 Å². The molecule has 3 N–H and O–H groups in total. The Morgan fingerprint density at radius 2 is 2.14 bits per heavy atom. The van der Waals surface area contributed by atoms with Gasteiger partial charge < -0.3 is 34.7 Å². The van der Waals surface area contributed by atoms with Crippen molar-refractivity contribution in [2.45, 2.75) is 11.2 Å². The number of morpholine rings is 1. The largest absolute Gasteiger partial charge is 0.492 e. The van der Waals surface area contributed by atoms with E-state index in [0.717, 1.165) is 11.2 Å². The van der Waals surface area contributed by atoms with Crippen molar-refractivity contribution in [2.24, 2.45) is 5.73 Å². The molecule has 0 saturated carbocycles. The van der Waals surface area contributed by atoms with Crippen LogP contribution in [0.2, 0.25) is 0 Å². The first-order valence-electron chi connectivity index (χ1n) is 8.41. The molecule has 1 aromatic rings. The number of nitrogens with zero attached hydrogens (tertiary/aromatic N) is 3. The highest BCUT2D eigenvalue weighted by Gasteiger charge is 2.39. The fraction of sp³-hybridized carbons (Fsp3) is 0.438. The second-order valence-electron chi connectivity index (χ2n) is 6.04. The maximum absolute atomic E-state index is 12.0. The zero-order chi connectivity index (χ0) is 19.8. The minimum atomic E-state index is -1.26. The third kappa shape index (κ3) is 3.03. The van der Waals surface area contributed by atoms with E-state index >= 15 is 0 Å². The molecule has 12 heteroatoms. The van der Waals surface area contributed by atoms with Crippen LogP contribution in [0.15, 0.2) is 16.9 Å². The number of carbonyl (C=O) groups is 2. The number of carbonyl (C=O) groups excluding carboxylic acids is 1. The van der Waals surface area contributed by atoms with Gasteiger partial charge >= 0.3 is 12.0 Å². The number of anilines is 2. The number of pyridine rings is 1. The van der Waals surface area contributed by atoms with Crippen molar-refractivity contribution >= 4 is 35.3 Å². The Morgan fingerprint density at radius 1 is 1.39 bits per heavy atom. The molecule has 0 radical (unpaired) electrons. The molecule has 0 aliphatic carbocycles. The van der Waals surface area contributed by atoms with Crippen LogP contribution in [0, 0.1) is 0 Å². The average molecular weight is 410 g/mol.